The number of nitrogens with zero attached hydrogens (tertiary/aromatic N) is 1. The van der Waals surface area contributed by atoms with Gasteiger partial charge in [-0.15, -0.1) is 0 Å². The van der Waals surface area contributed by atoms with E-state index in [1.54, 1.807) is 0 Å². The zero-order valence-corrected chi connectivity index (χ0v) is 5.78. The van der Waals surface area contributed by atoms with Crippen LogP contribution in [-0.4, -0.2) is 44.6 Å². The van der Waals surface area contributed by atoms with Gasteiger partial charge in [-0.1, -0.05) is 0 Å². The summed E-state index contributed by atoms with van der Waals surface area (Å²) in [5.41, 5.74) is 0. The SMILES string of the molecule is C#N.O=C(O)C(O)C(O)C(=O)O. The molecule has 0 fully saturated rings. The molecule has 7 nitrogen and oxygen atoms in total. The molecule has 12 heavy (non-hydrogen) atoms. The molecule has 2 unspecified atom stereocenters. The van der Waals surface area contributed by atoms with Gasteiger partial charge in [-0.2, -0.15) is 0 Å². The van der Waals surface area contributed by atoms with Crippen LogP contribution in [0.5, 0.6) is 0 Å². The molecule has 0 heterocycles. The molecule has 0 amide bonds. The van der Waals surface area contributed by atoms with E-state index in [4.69, 9.17) is 25.7 Å². The number of carbonyl (C=O) groups is 2. The Balaban J connectivity index is 0. The second-order valence-electron chi connectivity index (χ2n) is 1.57. The molecule has 0 rings (SSSR count). The fraction of sp³-hybridized carbons (Fsp3) is 0.400. The number of hydrogen-bond acceptors (Lipinski definition) is 5. The van der Waals surface area contributed by atoms with Gasteiger partial charge < -0.3 is 20.4 Å². The van der Waals surface area contributed by atoms with Crippen LogP contribution in [0.1, 0.15) is 0 Å². The summed E-state index contributed by atoms with van der Waals surface area (Å²) in [7, 11) is 0. The molecule has 0 aliphatic carbocycles. The van der Waals surface area contributed by atoms with E-state index in [1.165, 1.54) is 0 Å². The Morgan fingerprint density at radius 2 is 1.17 bits per heavy atom. The van der Waals surface area contributed by atoms with Crippen LogP contribution in [0, 0.1) is 11.8 Å². The van der Waals surface area contributed by atoms with Crippen molar-refractivity contribution in [2.45, 2.75) is 12.2 Å². The van der Waals surface area contributed by atoms with Gasteiger partial charge in [-0.3, -0.25) is 0 Å². The van der Waals surface area contributed by atoms with Crippen LogP contribution in [0.2, 0.25) is 0 Å². The highest BCUT2D eigenvalue weighted by atomic mass is 16.4. The van der Waals surface area contributed by atoms with Gasteiger partial charge in [0.2, 0.25) is 0 Å². The molecule has 4 N–H and O–H groups in total. The Hall–Kier alpha value is -1.65. The monoisotopic (exact) mass is 177 g/mol. The largest absolute Gasteiger partial charge is 0.479 e. The van der Waals surface area contributed by atoms with E-state index in [1.807, 2.05) is 0 Å². The first-order valence-corrected chi connectivity index (χ1v) is 2.54. The van der Waals surface area contributed by atoms with Crippen LogP contribution >= 0.6 is 0 Å². The van der Waals surface area contributed by atoms with Crippen LogP contribution in [0.15, 0.2) is 0 Å². The van der Waals surface area contributed by atoms with Crippen molar-refractivity contribution in [1.82, 2.24) is 0 Å². The quantitative estimate of drug-likeness (QED) is 0.391. The molecule has 0 aromatic rings. The number of rotatable bonds is 3. The van der Waals surface area contributed by atoms with Gasteiger partial charge in [-0.05, 0) is 0 Å². The number of aliphatic carboxylic acids is 2. The van der Waals surface area contributed by atoms with Gasteiger partial charge in [0.05, 0.1) is 0 Å². The van der Waals surface area contributed by atoms with Crippen molar-refractivity contribution in [3.8, 4) is 6.57 Å². The molecule has 68 valence electrons. The Bertz CT molecular complexity index is 170. The van der Waals surface area contributed by atoms with Crippen molar-refractivity contribution in [1.29, 1.82) is 5.26 Å². The molecule has 0 radical (unpaired) electrons. The zero-order chi connectivity index (χ0) is 10.3. The van der Waals surface area contributed by atoms with Crippen molar-refractivity contribution in [3.63, 3.8) is 0 Å². The van der Waals surface area contributed by atoms with Crippen LogP contribution in [-0.2, 0) is 9.59 Å². The summed E-state index contributed by atoms with van der Waals surface area (Å²) in [6, 6.07) is 0. The Morgan fingerprint density at radius 1 is 1.00 bits per heavy atom. The number of carboxylic acids is 2. The van der Waals surface area contributed by atoms with Crippen molar-refractivity contribution < 1.29 is 30.0 Å². The Morgan fingerprint density at radius 3 is 1.25 bits per heavy atom. The van der Waals surface area contributed by atoms with E-state index < -0.39 is 24.1 Å². The normalized spacial score (nSPS) is 13.3. The Kier molecular flexibility index (Phi) is 6.58. The minimum absolute atomic E-state index is 1.77. The fourth-order valence-electron chi connectivity index (χ4n) is 0.270. The number of hydrogen-bond donors (Lipinski definition) is 4. The topological polar surface area (TPSA) is 139 Å². The second-order valence-corrected chi connectivity index (χ2v) is 1.57. The third kappa shape index (κ3) is 4.21. The van der Waals surface area contributed by atoms with Gasteiger partial charge in [0, 0.05) is 6.57 Å². The van der Waals surface area contributed by atoms with Gasteiger partial charge >= 0.3 is 11.9 Å². The van der Waals surface area contributed by atoms with Crippen molar-refractivity contribution in [2.75, 3.05) is 0 Å². The fourth-order valence-corrected chi connectivity index (χ4v) is 0.270. The number of aliphatic hydroxyl groups excluding tert-OH is 2. The summed E-state index contributed by atoms with van der Waals surface area (Å²) in [5.74, 6) is -3.54. The predicted octanol–water partition coefficient (Wildman–Crippen LogP) is -1.98. The molecule has 0 saturated heterocycles. The van der Waals surface area contributed by atoms with E-state index in [-0.39, 0.29) is 0 Å². The molecule has 0 aliphatic rings. The third-order valence-electron chi connectivity index (χ3n) is 0.805. The summed E-state index contributed by atoms with van der Waals surface area (Å²) in [6.07, 6.45) is -4.53. The smallest absolute Gasteiger partial charge is 0.335 e. The molecule has 0 aromatic carbocycles. The summed E-state index contributed by atoms with van der Waals surface area (Å²) < 4.78 is 0. The molecule has 0 spiro atoms. The average molecular weight is 177 g/mol. The lowest BCUT2D eigenvalue weighted by Gasteiger charge is -2.07. The first kappa shape index (κ1) is 13.0. The molecule has 0 aromatic heterocycles. The predicted molar refractivity (Wildman–Crippen MR) is 34.0 cm³/mol. The number of aliphatic hydroxyl groups is 2. The minimum Gasteiger partial charge on any atom is -0.479 e. The van der Waals surface area contributed by atoms with Crippen LogP contribution in [0.4, 0.5) is 0 Å². The van der Waals surface area contributed by atoms with Crippen molar-refractivity contribution >= 4 is 11.9 Å². The lowest BCUT2D eigenvalue weighted by atomic mass is 10.2. The summed E-state index contributed by atoms with van der Waals surface area (Å²) in [5, 5.41) is 39.0. The summed E-state index contributed by atoms with van der Waals surface area (Å²) in [6.45, 7) is 3.50. The highest BCUT2D eigenvalue weighted by Gasteiger charge is 2.29. The maximum atomic E-state index is 9.77. The van der Waals surface area contributed by atoms with Gasteiger partial charge in [0.15, 0.2) is 12.2 Å². The van der Waals surface area contributed by atoms with Gasteiger partial charge in [-0.25, -0.2) is 14.9 Å². The molecule has 2 atom stereocenters. The van der Waals surface area contributed by atoms with E-state index in [9.17, 15) is 9.59 Å². The second kappa shape index (κ2) is 6.09. The Labute approximate surface area is 67.1 Å². The van der Waals surface area contributed by atoms with E-state index in [2.05, 4.69) is 6.57 Å². The maximum Gasteiger partial charge on any atom is 0.335 e. The first-order valence-electron chi connectivity index (χ1n) is 2.54. The lowest BCUT2D eigenvalue weighted by molar-refractivity contribution is -0.165. The highest BCUT2D eigenvalue weighted by Crippen LogP contribution is 1.92. The number of carboxylic acid groups (broad SMARTS) is 2. The van der Waals surface area contributed by atoms with Crippen LogP contribution in [0.25, 0.3) is 0 Å². The molecule has 7 heteroatoms. The lowest BCUT2D eigenvalue weighted by Crippen LogP contribution is -2.39. The van der Waals surface area contributed by atoms with E-state index >= 15 is 0 Å². The van der Waals surface area contributed by atoms with E-state index in [0.29, 0.717) is 0 Å². The van der Waals surface area contributed by atoms with Crippen molar-refractivity contribution in [2.24, 2.45) is 0 Å². The summed E-state index contributed by atoms with van der Waals surface area (Å²) in [4.78, 5) is 19.5. The molecule has 0 bridgehead atoms. The zero-order valence-electron chi connectivity index (χ0n) is 5.78. The standard InChI is InChI=1S/C4H6O6.CHN/c5-1(3(7)8)2(6)4(9)10;1-2/h1-2,5-6H,(H,7,8)(H,9,10);1H. The molecular weight excluding hydrogens is 170 g/mol. The van der Waals surface area contributed by atoms with Gasteiger partial charge in [0.1, 0.15) is 0 Å². The third-order valence-corrected chi connectivity index (χ3v) is 0.805. The van der Waals surface area contributed by atoms with Crippen LogP contribution in [0.3, 0.4) is 0 Å². The minimum atomic E-state index is -2.27. The first-order chi connectivity index (χ1) is 5.46. The van der Waals surface area contributed by atoms with E-state index in [0.717, 1.165) is 0 Å². The van der Waals surface area contributed by atoms with Crippen molar-refractivity contribution in [3.05, 3.63) is 0 Å². The number of nitriles is 1. The molecule has 0 aliphatic heterocycles. The molecular formula is C5H7NO6. The summed E-state index contributed by atoms with van der Waals surface area (Å²) >= 11 is 0. The van der Waals surface area contributed by atoms with Crippen LogP contribution < -0.4 is 0 Å². The molecule has 0 saturated carbocycles. The highest BCUT2D eigenvalue weighted by molar-refractivity contribution is 5.82. The average Bonchev–Trinajstić information content (AvgIpc) is 2.05. The maximum absolute atomic E-state index is 9.77. The van der Waals surface area contributed by atoms with Gasteiger partial charge in [0.25, 0.3) is 0 Å².